The van der Waals surface area contributed by atoms with Gasteiger partial charge in [-0.3, -0.25) is 9.59 Å². The molecule has 146 valence electrons. The molecule has 1 aromatic heterocycles. The summed E-state index contributed by atoms with van der Waals surface area (Å²) in [5, 5.41) is 8.83. The molecule has 0 spiro atoms. The van der Waals surface area contributed by atoms with Crippen LogP contribution in [0.25, 0.3) is 0 Å². The van der Waals surface area contributed by atoms with Crippen LogP contribution in [-0.4, -0.2) is 34.1 Å². The number of nitrogens with one attached hydrogen (secondary N) is 2. The molecule has 27 heavy (non-hydrogen) atoms. The van der Waals surface area contributed by atoms with E-state index in [2.05, 4.69) is 15.8 Å². The maximum Gasteiger partial charge on any atom is 0.238 e. The summed E-state index contributed by atoms with van der Waals surface area (Å²) in [5.41, 5.74) is 0.983. The van der Waals surface area contributed by atoms with Gasteiger partial charge in [0.2, 0.25) is 11.8 Å². The van der Waals surface area contributed by atoms with Crippen LogP contribution in [0.4, 0.5) is 5.82 Å². The second-order valence-corrected chi connectivity index (χ2v) is 7.68. The Morgan fingerprint density at radius 2 is 1.93 bits per heavy atom. The van der Waals surface area contributed by atoms with E-state index in [4.69, 9.17) is 9.26 Å². The second-order valence-electron chi connectivity index (χ2n) is 6.35. The zero-order chi connectivity index (χ0) is 19.8. The van der Waals surface area contributed by atoms with Crippen molar-refractivity contribution in [1.29, 1.82) is 0 Å². The van der Waals surface area contributed by atoms with Gasteiger partial charge in [-0.25, -0.2) is 0 Å². The summed E-state index contributed by atoms with van der Waals surface area (Å²) in [5.74, 6) is 1.65. The van der Waals surface area contributed by atoms with Crippen molar-refractivity contribution in [3.63, 3.8) is 0 Å². The average Bonchev–Trinajstić information content (AvgIpc) is 3.03. The van der Waals surface area contributed by atoms with E-state index in [1.54, 1.807) is 19.9 Å². The van der Waals surface area contributed by atoms with E-state index in [1.165, 1.54) is 11.8 Å². The smallest absolute Gasteiger partial charge is 0.238 e. The average molecular weight is 391 g/mol. The third-order valence-electron chi connectivity index (χ3n) is 3.50. The Bertz CT molecular complexity index is 759. The number of ether oxygens (including phenoxy) is 1. The lowest BCUT2D eigenvalue weighted by Crippen LogP contribution is -2.28. The Balaban J connectivity index is 1.69. The van der Waals surface area contributed by atoms with Gasteiger partial charge in [-0.2, -0.15) is 0 Å². The highest BCUT2D eigenvalue weighted by molar-refractivity contribution is 8.01. The van der Waals surface area contributed by atoms with Gasteiger partial charge in [-0.15, -0.1) is 11.8 Å². The summed E-state index contributed by atoms with van der Waals surface area (Å²) < 4.78 is 10.5. The fourth-order valence-corrected chi connectivity index (χ4v) is 2.85. The minimum absolute atomic E-state index is 0.125. The Hall–Kier alpha value is -2.48. The first-order chi connectivity index (χ1) is 12.8. The predicted molar refractivity (Wildman–Crippen MR) is 106 cm³/mol. The zero-order valence-electron chi connectivity index (χ0n) is 15.9. The molecule has 0 aliphatic carbocycles. The lowest BCUT2D eigenvalue weighted by Gasteiger charge is -2.11. The molecule has 0 aliphatic rings. The van der Waals surface area contributed by atoms with E-state index in [0.717, 1.165) is 11.3 Å². The highest BCUT2D eigenvalue weighted by atomic mass is 32.2. The lowest BCUT2D eigenvalue weighted by atomic mass is 10.2. The number of aryl methyl sites for hydroxylation is 1. The Kier molecular flexibility index (Phi) is 7.72. The molecule has 2 aromatic rings. The zero-order valence-corrected chi connectivity index (χ0v) is 16.8. The number of nitrogens with zero attached hydrogens (tertiary/aromatic N) is 1. The van der Waals surface area contributed by atoms with Crippen molar-refractivity contribution < 1.29 is 18.8 Å². The normalized spacial score (nSPS) is 11.9. The highest BCUT2D eigenvalue weighted by Crippen LogP contribution is 2.15. The van der Waals surface area contributed by atoms with Crippen LogP contribution < -0.4 is 15.4 Å². The lowest BCUT2D eigenvalue weighted by molar-refractivity contribution is -0.118. The molecule has 0 bridgehead atoms. The standard InChI is InChI=1S/C19H25N3O4S/c1-12(2)25-16-7-5-15(6-8-16)10-20-18(23)11-27-14(4)19(24)21-17-9-13(3)26-22-17/h5-9,12,14H,10-11H2,1-4H3,(H,20,23)(H,21,22,24). The first kappa shape index (κ1) is 20.8. The number of amides is 2. The number of carbonyl (C=O) groups is 2. The fraction of sp³-hybridized carbons (Fsp3) is 0.421. The fourth-order valence-electron chi connectivity index (χ4n) is 2.14. The number of benzene rings is 1. The van der Waals surface area contributed by atoms with E-state index < -0.39 is 0 Å². The molecule has 2 amide bonds. The number of anilines is 1. The maximum absolute atomic E-state index is 12.1. The SMILES string of the molecule is Cc1cc(NC(=O)C(C)SCC(=O)NCc2ccc(OC(C)C)cc2)no1. The quantitative estimate of drug-likeness (QED) is 0.682. The van der Waals surface area contributed by atoms with Gasteiger partial charge in [-0.05, 0) is 45.4 Å². The molecule has 1 atom stereocenters. The molecule has 8 heteroatoms. The van der Waals surface area contributed by atoms with Gasteiger partial charge >= 0.3 is 0 Å². The number of carbonyl (C=O) groups excluding carboxylic acids is 2. The van der Waals surface area contributed by atoms with Crippen LogP contribution in [0.2, 0.25) is 0 Å². The van der Waals surface area contributed by atoms with Crippen LogP contribution in [0, 0.1) is 6.92 Å². The summed E-state index contributed by atoms with van der Waals surface area (Å²) >= 11 is 1.26. The van der Waals surface area contributed by atoms with E-state index in [1.807, 2.05) is 38.1 Å². The molecule has 0 saturated heterocycles. The molecular weight excluding hydrogens is 366 g/mol. The van der Waals surface area contributed by atoms with Gasteiger partial charge < -0.3 is 19.9 Å². The van der Waals surface area contributed by atoms with E-state index >= 15 is 0 Å². The molecule has 1 unspecified atom stereocenters. The van der Waals surface area contributed by atoms with Crippen LogP contribution in [0.3, 0.4) is 0 Å². The van der Waals surface area contributed by atoms with Crippen molar-refractivity contribution in [2.75, 3.05) is 11.1 Å². The molecule has 2 rings (SSSR count). The summed E-state index contributed by atoms with van der Waals surface area (Å²) in [6.45, 7) is 7.86. The van der Waals surface area contributed by atoms with Crippen molar-refractivity contribution >= 4 is 29.4 Å². The number of thioether (sulfide) groups is 1. The third kappa shape index (κ3) is 7.34. The molecular formula is C19H25N3O4S. The Morgan fingerprint density at radius 3 is 2.52 bits per heavy atom. The van der Waals surface area contributed by atoms with Gasteiger partial charge in [0.15, 0.2) is 5.82 Å². The van der Waals surface area contributed by atoms with Crippen molar-refractivity contribution in [3.8, 4) is 5.75 Å². The molecule has 0 radical (unpaired) electrons. The Morgan fingerprint density at radius 1 is 1.22 bits per heavy atom. The van der Waals surface area contributed by atoms with Crippen LogP contribution in [-0.2, 0) is 16.1 Å². The molecule has 7 nitrogen and oxygen atoms in total. The van der Waals surface area contributed by atoms with Crippen molar-refractivity contribution in [1.82, 2.24) is 10.5 Å². The summed E-state index contributed by atoms with van der Waals surface area (Å²) in [6, 6.07) is 9.24. The minimum Gasteiger partial charge on any atom is -0.491 e. The molecule has 0 fully saturated rings. The van der Waals surface area contributed by atoms with Gasteiger partial charge in [-0.1, -0.05) is 17.3 Å². The van der Waals surface area contributed by atoms with E-state index in [-0.39, 0.29) is 28.9 Å². The van der Waals surface area contributed by atoms with Crippen LogP contribution in [0.5, 0.6) is 5.75 Å². The highest BCUT2D eigenvalue weighted by Gasteiger charge is 2.16. The van der Waals surface area contributed by atoms with Gasteiger partial charge in [0.25, 0.3) is 0 Å². The number of aromatic nitrogens is 1. The summed E-state index contributed by atoms with van der Waals surface area (Å²) in [6.07, 6.45) is 0.125. The maximum atomic E-state index is 12.1. The monoisotopic (exact) mass is 391 g/mol. The van der Waals surface area contributed by atoms with Gasteiger partial charge in [0, 0.05) is 12.6 Å². The Labute approximate surface area is 163 Å². The van der Waals surface area contributed by atoms with Gasteiger partial charge in [0.05, 0.1) is 17.1 Å². The van der Waals surface area contributed by atoms with Gasteiger partial charge in [0.1, 0.15) is 11.5 Å². The molecule has 2 N–H and O–H groups in total. The first-order valence-electron chi connectivity index (χ1n) is 8.71. The van der Waals surface area contributed by atoms with Crippen molar-refractivity contribution in [2.45, 2.75) is 45.6 Å². The van der Waals surface area contributed by atoms with Crippen LogP contribution >= 0.6 is 11.8 Å². The third-order valence-corrected chi connectivity index (χ3v) is 4.64. The van der Waals surface area contributed by atoms with Crippen LogP contribution in [0.1, 0.15) is 32.1 Å². The van der Waals surface area contributed by atoms with E-state index in [0.29, 0.717) is 18.1 Å². The number of hydrogen-bond donors (Lipinski definition) is 2. The van der Waals surface area contributed by atoms with Crippen LogP contribution in [0.15, 0.2) is 34.9 Å². The minimum atomic E-state index is -0.389. The summed E-state index contributed by atoms with van der Waals surface area (Å²) in [7, 11) is 0. The molecule has 0 aliphatic heterocycles. The number of hydrogen-bond acceptors (Lipinski definition) is 6. The summed E-state index contributed by atoms with van der Waals surface area (Å²) in [4.78, 5) is 24.1. The molecule has 1 heterocycles. The van der Waals surface area contributed by atoms with Crippen molar-refractivity contribution in [2.24, 2.45) is 0 Å². The second kappa shape index (κ2) is 10.0. The van der Waals surface area contributed by atoms with E-state index in [9.17, 15) is 9.59 Å². The first-order valence-corrected chi connectivity index (χ1v) is 9.76. The molecule has 0 saturated carbocycles. The predicted octanol–water partition coefficient (Wildman–Crippen LogP) is 3.15. The van der Waals surface area contributed by atoms with Crippen molar-refractivity contribution in [3.05, 3.63) is 41.7 Å². The molecule has 1 aromatic carbocycles. The topological polar surface area (TPSA) is 93.5 Å². The number of rotatable bonds is 9. The largest absolute Gasteiger partial charge is 0.491 e.